The number of para-hydroxylation sites is 2. The SMILES string of the molecule is COc1cccc(-c2cc(-c3nc(-c4ccnc(Oc5ccccc5OC)c4)nn3C)c(C)o2)c1. The van der Waals surface area contributed by atoms with Gasteiger partial charge in [-0.3, -0.25) is 0 Å². The summed E-state index contributed by atoms with van der Waals surface area (Å²) in [4.78, 5) is 9.12. The highest BCUT2D eigenvalue weighted by Gasteiger charge is 2.19. The second kappa shape index (κ2) is 9.34. The second-order valence-corrected chi connectivity index (χ2v) is 7.83. The number of hydrogen-bond donors (Lipinski definition) is 0. The minimum Gasteiger partial charge on any atom is -0.497 e. The van der Waals surface area contributed by atoms with Crippen molar-refractivity contribution in [1.82, 2.24) is 19.7 Å². The average molecular weight is 469 g/mol. The molecule has 0 bridgehead atoms. The van der Waals surface area contributed by atoms with Gasteiger partial charge in [0.05, 0.1) is 19.8 Å². The molecule has 5 aromatic rings. The maximum absolute atomic E-state index is 6.05. The molecule has 0 saturated heterocycles. The van der Waals surface area contributed by atoms with Crippen molar-refractivity contribution in [3.63, 3.8) is 0 Å². The van der Waals surface area contributed by atoms with Gasteiger partial charge in [0.15, 0.2) is 23.1 Å². The van der Waals surface area contributed by atoms with Crippen LogP contribution in [0.1, 0.15) is 5.76 Å². The molecule has 0 atom stereocenters. The fourth-order valence-electron chi connectivity index (χ4n) is 3.78. The Labute approximate surface area is 202 Å². The molecule has 3 aromatic heterocycles. The lowest BCUT2D eigenvalue weighted by atomic mass is 10.1. The first-order valence-electron chi connectivity index (χ1n) is 11.0. The van der Waals surface area contributed by atoms with Crippen molar-refractivity contribution in [2.75, 3.05) is 14.2 Å². The van der Waals surface area contributed by atoms with Crippen LogP contribution in [0.3, 0.4) is 0 Å². The maximum Gasteiger partial charge on any atom is 0.220 e. The number of aryl methyl sites for hydroxylation is 2. The van der Waals surface area contributed by atoms with Gasteiger partial charge in [0.25, 0.3) is 0 Å². The fourth-order valence-corrected chi connectivity index (χ4v) is 3.78. The molecule has 0 spiro atoms. The highest BCUT2D eigenvalue weighted by Crippen LogP contribution is 2.34. The predicted octanol–water partition coefficient (Wildman–Crippen LogP) is 5.92. The zero-order chi connectivity index (χ0) is 24.4. The van der Waals surface area contributed by atoms with Crippen LogP contribution >= 0.6 is 0 Å². The minimum absolute atomic E-state index is 0.417. The minimum atomic E-state index is 0.417. The summed E-state index contributed by atoms with van der Waals surface area (Å²) in [5.41, 5.74) is 2.57. The third-order valence-corrected chi connectivity index (χ3v) is 5.55. The van der Waals surface area contributed by atoms with Gasteiger partial charge in [0.2, 0.25) is 5.88 Å². The van der Waals surface area contributed by atoms with Gasteiger partial charge in [-0.25, -0.2) is 14.6 Å². The van der Waals surface area contributed by atoms with E-state index in [1.54, 1.807) is 31.2 Å². The second-order valence-electron chi connectivity index (χ2n) is 7.83. The van der Waals surface area contributed by atoms with E-state index in [1.165, 1.54) is 0 Å². The van der Waals surface area contributed by atoms with E-state index in [0.717, 1.165) is 34.0 Å². The van der Waals surface area contributed by atoms with Crippen LogP contribution in [0.25, 0.3) is 34.1 Å². The molecule has 5 rings (SSSR count). The summed E-state index contributed by atoms with van der Waals surface area (Å²) >= 11 is 0. The fraction of sp³-hybridized carbons (Fsp3) is 0.148. The Bertz CT molecular complexity index is 1490. The normalized spacial score (nSPS) is 10.9. The van der Waals surface area contributed by atoms with Gasteiger partial charge in [-0.05, 0) is 43.3 Å². The first-order chi connectivity index (χ1) is 17.1. The van der Waals surface area contributed by atoms with Crippen molar-refractivity contribution >= 4 is 0 Å². The quantitative estimate of drug-likeness (QED) is 0.293. The summed E-state index contributed by atoms with van der Waals surface area (Å²) in [6, 6.07) is 20.8. The lowest BCUT2D eigenvalue weighted by Crippen LogP contribution is -1.94. The number of nitrogens with zero attached hydrogens (tertiary/aromatic N) is 4. The average Bonchev–Trinajstić information content (AvgIpc) is 3.46. The van der Waals surface area contributed by atoms with E-state index in [4.69, 9.17) is 23.6 Å². The van der Waals surface area contributed by atoms with Crippen molar-refractivity contribution in [3.8, 4) is 57.2 Å². The molecular formula is C27H24N4O4. The van der Waals surface area contributed by atoms with E-state index in [0.29, 0.717) is 29.0 Å². The van der Waals surface area contributed by atoms with Crippen LogP contribution in [0, 0.1) is 6.92 Å². The molecule has 8 nitrogen and oxygen atoms in total. The Balaban J connectivity index is 1.46. The number of furan rings is 1. The Morgan fingerprint density at radius 2 is 1.69 bits per heavy atom. The first-order valence-corrected chi connectivity index (χ1v) is 11.0. The number of hydrogen-bond acceptors (Lipinski definition) is 7. The molecule has 176 valence electrons. The van der Waals surface area contributed by atoms with E-state index >= 15 is 0 Å². The molecule has 0 saturated carbocycles. The van der Waals surface area contributed by atoms with Crippen LogP contribution in [0.15, 0.2) is 77.3 Å². The van der Waals surface area contributed by atoms with E-state index < -0.39 is 0 Å². The third kappa shape index (κ3) is 4.46. The van der Waals surface area contributed by atoms with Crippen LogP contribution in [0.4, 0.5) is 0 Å². The molecule has 35 heavy (non-hydrogen) atoms. The molecule has 2 aromatic carbocycles. The molecule has 0 aliphatic rings. The number of ether oxygens (including phenoxy) is 3. The monoisotopic (exact) mass is 468 g/mol. The standard InChI is InChI=1S/C27H24N4O4/c1-17-21(16-24(34-17)18-8-7-9-20(14-18)32-3)27-29-26(30-31(27)2)19-12-13-28-25(15-19)35-23-11-6-5-10-22(23)33-4/h5-16H,1-4H3. The Kier molecular flexibility index (Phi) is 5.93. The third-order valence-electron chi connectivity index (χ3n) is 5.55. The van der Waals surface area contributed by atoms with Gasteiger partial charge >= 0.3 is 0 Å². The zero-order valence-electron chi connectivity index (χ0n) is 19.9. The zero-order valence-corrected chi connectivity index (χ0v) is 19.9. The van der Waals surface area contributed by atoms with Crippen molar-refractivity contribution in [2.45, 2.75) is 6.92 Å². The molecule has 3 heterocycles. The van der Waals surface area contributed by atoms with Crippen LogP contribution in [-0.4, -0.2) is 34.0 Å². The van der Waals surface area contributed by atoms with Crippen LogP contribution < -0.4 is 14.2 Å². The first kappa shape index (κ1) is 22.2. The molecule has 0 radical (unpaired) electrons. The molecule has 0 aliphatic heterocycles. The van der Waals surface area contributed by atoms with Gasteiger partial charge in [-0.2, -0.15) is 5.10 Å². The number of methoxy groups -OCH3 is 2. The number of benzene rings is 2. The topological polar surface area (TPSA) is 84.4 Å². The molecule has 0 fully saturated rings. The number of aromatic nitrogens is 4. The molecule has 0 aliphatic carbocycles. The Morgan fingerprint density at radius 1 is 0.857 bits per heavy atom. The molecule has 0 amide bonds. The van der Waals surface area contributed by atoms with Gasteiger partial charge in [0.1, 0.15) is 17.3 Å². The lowest BCUT2D eigenvalue weighted by Gasteiger charge is -2.09. The van der Waals surface area contributed by atoms with Crippen molar-refractivity contribution in [1.29, 1.82) is 0 Å². The highest BCUT2D eigenvalue weighted by molar-refractivity contribution is 5.70. The van der Waals surface area contributed by atoms with Crippen molar-refractivity contribution < 1.29 is 18.6 Å². The maximum atomic E-state index is 6.05. The molecular weight excluding hydrogens is 444 g/mol. The lowest BCUT2D eigenvalue weighted by molar-refractivity contribution is 0.374. The number of rotatable bonds is 7. The van der Waals surface area contributed by atoms with E-state index in [2.05, 4.69) is 10.1 Å². The van der Waals surface area contributed by atoms with Gasteiger partial charge in [0, 0.05) is 30.4 Å². The summed E-state index contributed by atoms with van der Waals surface area (Å²) in [6.07, 6.45) is 1.67. The van der Waals surface area contributed by atoms with E-state index in [9.17, 15) is 0 Å². The summed E-state index contributed by atoms with van der Waals surface area (Å²) in [5, 5.41) is 4.63. The van der Waals surface area contributed by atoms with Crippen molar-refractivity contribution in [2.24, 2.45) is 7.05 Å². The van der Waals surface area contributed by atoms with Gasteiger partial charge < -0.3 is 18.6 Å². The smallest absolute Gasteiger partial charge is 0.220 e. The Hall–Kier alpha value is -4.59. The largest absolute Gasteiger partial charge is 0.497 e. The van der Waals surface area contributed by atoms with E-state index in [1.807, 2.05) is 74.6 Å². The molecule has 0 unspecified atom stereocenters. The highest BCUT2D eigenvalue weighted by atomic mass is 16.5. The van der Waals surface area contributed by atoms with Crippen LogP contribution in [0.5, 0.6) is 23.1 Å². The van der Waals surface area contributed by atoms with E-state index in [-0.39, 0.29) is 0 Å². The van der Waals surface area contributed by atoms with Crippen molar-refractivity contribution in [3.05, 3.63) is 78.7 Å². The van der Waals surface area contributed by atoms with Crippen LogP contribution in [0.2, 0.25) is 0 Å². The molecule has 0 N–H and O–H groups in total. The number of pyridine rings is 1. The summed E-state index contributed by atoms with van der Waals surface area (Å²) < 4.78 is 24.4. The summed E-state index contributed by atoms with van der Waals surface area (Å²) in [5.74, 6) is 5.12. The Morgan fingerprint density at radius 3 is 2.49 bits per heavy atom. The summed E-state index contributed by atoms with van der Waals surface area (Å²) in [7, 11) is 5.10. The van der Waals surface area contributed by atoms with Gasteiger partial charge in [-0.1, -0.05) is 24.3 Å². The van der Waals surface area contributed by atoms with Crippen LogP contribution in [-0.2, 0) is 7.05 Å². The molecule has 8 heteroatoms. The predicted molar refractivity (Wildman–Crippen MR) is 132 cm³/mol. The van der Waals surface area contributed by atoms with Gasteiger partial charge in [-0.15, -0.1) is 0 Å². The summed E-state index contributed by atoms with van der Waals surface area (Å²) in [6.45, 7) is 1.92.